The van der Waals surface area contributed by atoms with Gasteiger partial charge < -0.3 is 9.47 Å². The van der Waals surface area contributed by atoms with Crippen LogP contribution < -0.4 is 0 Å². The quantitative estimate of drug-likeness (QED) is 0.667. The Morgan fingerprint density at radius 2 is 1.23 bits per heavy atom. The molecule has 76 valence electrons. The maximum Gasteiger partial charge on any atom is 0.0542 e. The Morgan fingerprint density at radius 3 is 1.46 bits per heavy atom. The van der Waals surface area contributed by atoms with Crippen molar-refractivity contribution in [1.29, 1.82) is 0 Å². The average molecular weight is 184 g/mol. The van der Waals surface area contributed by atoms with Gasteiger partial charge in [-0.15, -0.1) is 0 Å². The second kappa shape index (κ2) is 3.25. The molecule has 2 heteroatoms. The minimum atomic E-state index is 0.501. The molecule has 0 unspecified atom stereocenters. The van der Waals surface area contributed by atoms with E-state index < -0.39 is 0 Å². The fraction of sp³-hybridized carbons (Fsp3) is 1.00. The van der Waals surface area contributed by atoms with E-state index in [0.29, 0.717) is 10.8 Å². The van der Waals surface area contributed by atoms with Crippen LogP contribution in [-0.2, 0) is 9.47 Å². The van der Waals surface area contributed by atoms with Gasteiger partial charge >= 0.3 is 0 Å². The molecule has 2 fully saturated rings. The number of hydrogen-bond donors (Lipinski definition) is 0. The van der Waals surface area contributed by atoms with Crippen LogP contribution in [0.2, 0.25) is 0 Å². The molecule has 2 nitrogen and oxygen atoms in total. The van der Waals surface area contributed by atoms with E-state index in [1.54, 1.807) is 0 Å². The van der Waals surface area contributed by atoms with E-state index in [4.69, 9.17) is 9.47 Å². The Labute approximate surface area is 80.6 Å². The van der Waals surface area contributed by atoms with E-state index in [0.717, 1.165) is 26.4 Å². The summed E-state index contributed by atoms with van der Waals surface area (Å²) in [6.07, 6.45) is 3.98. The van der Waals surface area contributed by atoms with Gasteiger partial charge in [-0.25, -0.2) is 0 Å². The topological polar surface area (TPSA) is 18.5 Å². The lowest BCUT2D eigenvalue weighted by Crippen LogP contribution is -2.42. The molecule has 0 atom stereocenters. The molecule has 0 aromatic heterocycles. The number of ether oxygens (including phenoxy) is 2. The first-order valence-electron chi connectivity index (χ1n) is 5.28. The second-order valence-electron chi connectivity index (χ2n) is 5.46. The third-order valence-corrected chi connectivity index (χ3v) is 3.36. The molecule has 2 aliphatic rings. The van der Waals surface area contributed by atoms with Crippen molar-refractivity contribution in [2.45, 2.75) is 33.1 Å². The van der Waals surface area contributed by atoms with Crippen LogP contribution in [0.3, 0.4) is 0 Å². The summed E-state index contributed by atoms with van der Waals surface area (Å²) in [6, 6.07) is 0. The normalized spacial score (nSPS) is 29.1. The van der Waals surface area contributed by atoms with E-state index in [1.165, 1.54) is 19.3 Å². The Bertz CT molecular complexity index is 161. The molecular weight excluding hydrogens is 164 g/mol. The Kier molecular flexibility index (Phi) is 2.37. The summed E-state index contributed by atoms with van der Waals surface area (Å²) >= 11 is 0. The summed E-state index contributed by atoms with van der Waals surface area (Å²) in [5, 5.41) is 0. The minimum Gasteiger partial charge on any atom is -0.380 e. The van der Waals surface area contributed by atoms with E-state index in [-0.39, 0.29) is 0 Å². The van der Waals surface area contributed by atoms with Crippen LogP contribution in [-0.4, -0.2) is 26.4 Å². The summed E-state index contributed by atoms with van der Waals surface area (Å²) in [5.74, 6) is 0. The fourth-order valence-corrected chi connectivity index (χ4v) is 2.13. The summed E-state index contributed by atoms with van der Waals surface area (Å²) in [4.78, 5) is 0. The van der Waals surface area contributed by atoms with Gasteiger partial charge in [-0.2, -0.15) is 0 Å². The Balaban J connectivity index is 1.63. The first-order chi connectivity index (χ1) is 6.12. The highest BCUT2D eigenvalue weighted by molar-refractivity contribution is 4.84. The van der Waals surface area contributed by atoms with Crippen LogP contribution in [0, 0.1) is 10.8 Å². The van der Waals surface area contributed by atoms with Gasteiger partial charge in [0, 0.05) is 10.8 Å². The molecule has 0 N–H and O–H groups in total. The van der Waals surface area contributed by atoms with Crippen molar-refractivity contribution in [2.24, 2.45) is 10.8 Å². The summed E-state index contributed by atoms with van der Waals surface area (Å²) in [6.45, 7) is 8.55. The zero-order valence-corrected chi connectivity index (χ0v) is 8.77. The first kappa shape index (κ1) is 9.47. The number of rotatable bonds is 4. The Hall–Kier alpha value is -0.0800. The summed E-state index contributed by atoms with van der Waals surface area (Å²) in [7, 11) is 0. The van der Waals surface area contributed by atoms with Crippen molar-refractivity contribution in [1.82, 2.24) is 0 Å². The molecule has 0 bridgehead atoms. The van der Waals surface area contributed by atoms with Crippen molar-refractivity contribution < 1.29 is 9.47 Å². The van der Waals surface area contributed by atoms with E-state index in [9.17, 15) is 0 Å². The van der Waals surface area contributed by atoms with Crippen molar-refractivity contribution in [2.75, 3.05) is 26.4 Å². The lowest BCUT2D eigenvalue weighted by molar-refractivity contribution is -0.122. The lowest BCUT2D eigenvalue weighted by Gasteiger charge is -2.41. The molecule has 0 aliphatic carbocycles. The van der Waals surface area contributed by atoms with Crippen molar-refractivity contribution in [3.8, 4) is 0 Å². The van der Waals surface area contributed by atoms with Gasteiger partial charge in [0.15, 0.2) is 0 Å². The highest BCUT2D eigenvalue weighted by Crippen LogP contribution is 2.37. The third-order valence-electron chi connectivity index (χ3n) is 3.36. The molecule has 0 radical (unpaired) electrons. The summed E-state index contributed by atoms with van der Waals surface area (Å²) < 4.78 is 10.5. The molecule has 13 heavy (non-hydrogen) atoms. The predicted octanol–water partition coefficient (Wildman–Crippen LogP) is 2.23. The first-order valence-corrected chi connectivity index (χ1v) is 5.28. The van der Waals surface area contributed by atoms with Crippen LogP contribution in [0.25, 0.3) is 0 Å². The van der Waals surface area contributed by atoms with Gasteiger partial charge in [0.05, 0.1) is 26.4 Å². The Morgan fingerprint density at radius 1 is 0.846 bits per heavy atom. The molecule has 0 aromatic carbocycles. The molecule has 0 amide bonds. The molecule has 2 heterocycles. The van der Waals surface area contributed by atoms with Gasteiger partial charge in [-0.1, -0.05) is 20.3 Å². The van der Waals surface area contributed by atoms with Gasteiger partial charge in [-0.05, 0) is 12.8 Å². The van der Waals surface area contributed by atoms with E-state index >= 15 is 0 Å². The molecule has 0 spiro atoms. The zero-order valence-electron chi connectivity index (χ0n) is 8.77. The smallest absolute Gasteiger partial charge is 0.0542 e. The van der Waals surface area contributed by atoms with E-state index in [2.05, 4.69) is 13.8 Å². The maximum atomic E-state index is 5.24. The predicted molar refractivity (Wildman–Crippen MR) is 51.7 cm³/mol. The second-order valence-corrected chi connectivity index (χ2v) is 5.46. The molecule has 0 aromatic rings. The van der Waals surface area contributed by atoms with Crippen LogP contribution in [0.4, 0.5) is 0 Å². The van der Waals surface area contributed by atoms with Crippen molar-refractivity contribution in [3.63, 3.8) is 0 Å². The molecule has 2 aliphatic heterocycles. The van der Waals surface area contributed by atoms with Crippen LogP contribution in [0.15, 0.2) is 0 Å². The van der Waals surface area contributed by atoms with Crippen LogP contribution >= 0.6 is 0 Å². The molecule has 2 rings (SSSR count). The van der Waals surface area contributed by atoms with Gasteiger partial charge in [0.2, 0.25) is 0 Å². The van der Waals surface area contributed by atoms with Crippen molar-refractivity contribution >= 4 is 0 Å². The zero-order chi connectivity index (χ0) is 9.36. The third kappa shape index (κ3) is 2.05. The van der Waals surface area contributed by atoms with Gasteiger partial charge in [-0.3, -0.25) is 0 Å². The van der Waals surface area contributed by atoms with Crippen LogP contribution in [0.1, 0.15) is 33.1 Å². The molecule has 2 saturated heterocycles. The standard InChI is InChI=1S/C11H20O2/c1-10(6-12-7-10)4-3-5-11(2)8-13-9-11/h3-9H2,1-2H3. The van der Waals surface area contributed by atoms with Crippen LogP contribution in [0.5, 0.6) is 0 Å². The summed E-state index contributed by atoms with van der Waals surface area (Å²) in [5.41, 5.74) is 1.00. The van der Waals surface area contributed by atoms with E-state index in [1.807, 2.05) is 0 Å². The monoisotopic (exact) mass is 184 g/mol. The fourth-order valence-electron chi connectivity index (χ4n) is 2.13. The molecular formula is C11H20O2. The number of hydrogen-bond acceptors (Lipinski definition) is 2. The van der Waals surface area contributed by atoms with Crippen molar-refractivity contribution in [3.05, 3.63) is 0 Å². The average Bonchev–Trinajstić information content (AvgIpc) is 1.98. The van der Waals surface area contributed by atoms with Gasteiger partial charge in [0.25, 0.3) is 0 Å². The molecule has 0 saturated carbocycles. The highest BCUT2D eigenvalue weighted by atomic mass is 16.5. The maximum absolute atomic E-state index is 5.24. The lowest BCUT2D eigenvalue weighted by atomic mass is 9.78. The minimum absolute atomic E-state index is 0.501. The highest BCUT2D eigenvalue weighted by Gasteiger charge is 2.36. The SMILES string of the molecule is CC1(CCCC2(C)COC2)COC1. The van der Waals surface area contributed by atoms with Gasteiger partial charge in [0.1, 0.15) is 0 Å². The largest absolute Gasteiger partial charge is 0.380 e.